The first-order valence-electron chi connectivity index (χ1n) is 6.24. The Bertz CT molecular complexity index is 261. The topological polar surface area (TPSA) is 75.6 Å². The number of ether oxygens (including phenoxy) is 1. The Morgan fingerprint density at radius 1 is 1.29 bits per heavy atom. The zero-order valence-electron chi connectivity index (χ0n) is 10.3. The second-order valence-electron chi connectivity index (χ2n) is 4.41. The van der Waals surface area contributed by atoms with E-state index < -0.39 is 5.97 Å². The third kappa shape index (κ3) is 5.68. The number of carboxylic acids is 1. The highest BCUT2D eigenvalue weighted by atomic mass is 16.5. The number of hydrogen-bond acceptors (Lipinski definition) is 3. The van der Waals surface area contributed by atoms with Crippen molar-refractivity contribution in [2.75, 3.05) is 6.61 Å². The summed E-state index contributed by atoms with van der Waals surface area (Å²) in [5.74, 6) is -0.778. The SMILES string of the molecule is CCOC1CC(NC(=O)CCCCC(=O)O)C1. The molecule has 5 heteroatoms. The number of hydrogen-bond donors (Lipinski definition) is 2. The van der Waals surface area contributed by atoms with Gasteiger partial charge >= 0.3 is 5.97 Å². The Balaban J connectivity index is 1.97. The second kappa shape index (κ2) is 7.27. The van der Waals surface area contributed by atoms with Gasteiger partial charge in [-0.15, -0.1) is 0 Å². The molecule has 0 aromatic carbocycles. The van der Waals surface area contributed by atoms with Crippen LogP contribution in [0.25, 0.3) is 0 Å². The molecule has 1 fully saturated rings. The van der Waals surface area contributed by atoms with Crippen LogP contribution < -0.4 is 5.32 Å². The molecule has 1 saturated carbocycles. The molecule has 98 valence electrons. The third-order valence-corrected chi connectivity index (χ3v) is 2.91. The maximum Gasteiger partial charge on any atom is 0.303 e. The highest BCUT2D eigenvalue weighted by molar-refractivity contribution is 5.76. The Kier molecular flexibility index (Phi) is 5.97. The summed E-state index contributed by atoms with van der Waals surface area (Å²) in [6, 6.07) is 0.249. The maximum absolute atomic E-state index is 11.5. The number of carbonyl (C=O) groups excluding carboxylic acids is 1. The number of carbonyl (C=O) groups is 2. The van der Waals surface area contributed by atoms with Gasteiger partial charge in [-0.2, -0.15) is 0 Å². The van der Waals surface area contributed by atoms with Crippen LogP contribution in [0.4, 0.5) is 0 Å². The molecule has 0 radical (unpaired) electrons. The Hall–Kier alpha value is -1.10. The summed E-state index contributed by atoms with van der Waals surface area (Å²) in [5.41, 5.74) is 0. The van der Waals surface area contributed by atoms with Gasteiger partial charge in [-0.25, -0.2) is 0 Å². The van der Waals surface area contributed by atoms with Gasteiger partial charge in [-0.1, -0.05) is 0 Å². The van der Waals surface area contributed by atoms with Crippen molar-refractivity contribution in [3.8, 4) is 0 Å². The molecule has 0 bridgehead atoms. The predicted molar refractivity (Wildman–Crippen MR) is 62.7 cm³/mol. The minimum Gasteiger partial charge on any atom is -0.481 e. The second-order valence-corrected chi connectivity index (χ2v) is 4.41. The molecular formula is C12H21NO4. The average molecular weight is 243 g/mol. The minimum absolute atomic E-state index is 0.0235. The van der Waals surface area contributed by atoms with Crippen molar-refractivity contribution < 1.29 is 19.4 Å². The van der Waals surface area contributed by atoms with Crippen molar-refractivity contribution in [3.05, 3.63) is 0 Å². The Labute approximate surface area is 102 Å². The van der Waals surface area contributed by atoms with Gasteiger partial charge in [-0.05, 0) is 32.6 Å². The number of aliphatic carboxylic acids is 1. The number of nitrogens with one attached hydrogen (secondary N) is 1. The standard InChI is InChI=1S/C12H21NO4/c1-2-17-10-7-9(8-10)13-11(14)5-3-4-6-12(15)16/h9-10H,2-8H2,1H3,(H,13,14)(H,15,16). The van der Waals surface area contributed by atoms with Crippen LogP contribution in [0.1, 0.15) is 45.4 Å². The van der Waals surface area contributed by atoms with Crippen LogP contribution >= 0.6 is 0 Å². The van der Waals surface area contributed by atoms with Crippen molar-refractivity contribution in [2.24, 2.45) is 0 Å². The molecule has 0 atom stereocenters. The van der Waals surface area contributed by atoms with Crippen LogP contribution in [-0.4, -0.2) is 35.7 Å². The van der Waals surface area contributed by atoms with Crippen LogP contribution in [0.2, 0.25) is 0 Å². The predicted octanol–water partition coefficient (Wildman–Crippen LogP) is 1.32. The van der Waals surface area contributed by atoms with Crippen molar-refractivity contribution in [2.45, 2.75) is 57.6 Å². The van der Waals surface area contributed by atoms with Gasteiger partial charge in [0.05, 0.1) is 6.10 Å². The fraction of sp³-hybridized carbons (Fsp3) is 0.833. The van der Waals surface area contributed by atoms with Crippen LogP contribution in [0.3, 0.4) is 0 Å². The van der Waals surface area contributed by atoms with E-state index in [0.29, 0.717) is 25.4 Å². The molecule has 1 aliphatic carbocycles. The van der Waals surface area contributed by atoms with Gasteiger partial charge in [0, 0.05) is 25.5 Å². The van der Waals surface area contributed by atoms with E-state index in [4.69, 9.17) is 9.84 Å². The summed E-state index contributed by atoms with van der Waals surface area (Å²) in [7, 11) is 0. The summed E-state index contributed by atoms with van der Waals surface area (Å²) < 4.78 is 5.40. The molecule has 0 aromatic rings. The lowest BCUT2D eigenvalue weighted by atomic mass is 9.89. The van der Waals surface area contributed by atoms with E-state index in [-0.39, 0.29) is 18.4 Å². The lowest BCUT2D eigenvalue weighted by molar-refractivity contribution is -0.137. The van der Waals surface area contributed by atoms with Gasteiger partial charge in [-0.3, -0.25) is 9.59 Å². The molecule has 17 heavy (non-hydrogen) atoms. The van der Waals surface area contributed by atoms with Gasteiger partial charge in [0.15, 0.2) is 0 Å². The van der Waals surface area contributed by atoms with Gasteiger partial charge < -0.3 is 15.2 Å². The summed E-state index contributed by atoms with van der Waals surface area (Å²) in [5, 5.41) is 11.4. The molecule has 1 rings (SSSR count). The molecular weight excluding hydrogens is 222 g/mol. The largest absolute Gasteiger partial charge is 0.481 e. The molecule has 1 aliphatic rings. The van der Waals surface area contributed by atoms with E-state index in [1.54, 1.807) is 0 Å². The van der Waals surface area contributed by atoms with E-state index in [1.165, 1.54) is 0 Å². The van der Waals surface area contributed by atoms with Crippen LogP contribution in [0, 0.1) is 0 Å². The lowest BCUT2D eigenvalue weighted by Crippen LogP contribution is -2.47. The molecule has 0 unspecified atom stereocenters. The Morgan fingerprint density at radius 3 is 2.53 bits per heavy atom. The highest BCUT2D eigenvalue weighted by Crippen LogP contribution is 2.23. The molecule has 0 aliphatic heterocycles. The number of carboxylic acid groups (broad SMARTS) is 1. The first-order chi connectivity index (χ1) is 8.11. The Morgan fingerprint density at radius 2 is 1.94 bits per heavy atom. The van der Waals surface area contributed by atoms with E-state index in [1.807, 2.05) is 6.92 Å². The van der Waals surface area contributed by atoms with Crippen LogP contribution in [0.5, 0.6) is 0 Å². The van der Waals surface area contributed by atoms with E-state index in [9.17, 15) is 9.59 Å². The third-order valence-electron chi connectivity index (χ3n) is 2.91. The fourth-order valence-corrected chi connectivity index (χ4v) is 1.92. The summed E-state index contributed by atoms with van der Waals surface area (Å²) in [4.78, 5) is 21.7. The number of amides is 1. The normalized spacial score (nSPS) is 22.9. The van der Waals surface area contributed by atoms with Crippen molar-refractivity contribution in [1.29, 1.82) is 0 Å². The van der Waals surface area contributed by atoms with Gasteiger partial charge in [0.25, 0.3) is 0 Å². The zero-order chi connectivity index (χ0) is 12.7. The lowest BCUT2D eigenvalue weighted by Gasteiger charge is -2.35. The van der Waals surface area contributed by atoms with Crippen molar-refractivity contribution >= 4 is 11.9 Å². The molecule has 0 saturated heterocycles. The van der Waals surface area contributed by atoms with Gasteiger partial charge in [0.1, 0.15) is 0 Å². The summed E-state index contributed by atoms with van der Waals surface area (Å²) >= 11 is 0. The monoisotopic (exact) mass is 243 g/mol. The first kappa shape index (κ1) is 14.0. The van der Waals surface area contributed by atoms with Crippen LogP contribution in [0.15, 0.2) is 0 Å². The van der Waals surface area contributed by atoms with Crippen molar-refractivity contribution in [1.82, 2.24) is 5.32 Å². The molecule has 1 amide bonds. The molecule has 0 heterocycles. The van der Waals surface area contributed by atoms with E-state index >= 15 is 0 Å². The summed E-state index contributed by atoms with van der Waals surface area (Å²) in [6.45, 7) is 2.69. The number of rotatable bonds is 8. The maximum atomic E-state index is 11.5. The first-order valence-corrected chi connectivity index (χ1v) is 6.24. The number of unbranched alkanes of at least 4 members (excludes halogenated alkanes) is 1. The molecule has 2 N–H and O–H groups in total. The minimum atomic E-state index is -0.802. The molecule has 0 aromatic heterocycles. The molecule has 5 nitrogen and oxygen atoms in total. The highest BCUT2D eigenvalue weighted by Gasteiger charge is 2.30. The molecule has 0 spiro atoms. The van der Waals surface area contributed by atoms with Crippen molar-refractivity contribution in [3.63, 3.8) is 0 Å². The fourth-order valence-electron chi connectivity index (χ4n) is 1.92. The summed E-state index contributed by atoms with van der Waals surface area (Å²) in [6.07, 6.45) is 3.86. The quantitative estimate of drug-likeness (QED) is 0.630. The van der Waals surface area contributed by atoms with E-state index in [0.717, 1.165) is 19.4 Å². The smallest absolute Gasteiger partial charge is 0.303 e. The van der Waals surface area contributed by atoms with E-state index in [2.05, 4.69) is 5.32 Å². The van der Waals surface area contributed by atoms with Crippen LogP contribution in [-0.2, 0) is 14.3 Å². The average Bonchev–Trinajstić information content (AvgIpc) is 2.21. The van der Waals surface area contributed by atoms with Gasteiger partial charge in [0.2, 0.25) is 5.91 Å². The zero-order valence-corrected chi connectivity index (χ0v) is 10.3.